The molecule has 94 valence electrons. The highest BCUT2D eigenvalue weighted by molar-refractivity contribution is 5.13. The number of aromatic nitrogens is 1. The van der Waals surface area contributed by atoms with Crippen LogP contribution in [-0.4, -0.2) is 11.6 Å². The summed E-state index contributed by atoms with van der Waals surface area (Å²) < 4.78 is 5.65. The Morgan fingerprint density at radius 3 is 2.39 bits per heavy atom. The van der Waals surface area contributed by atoms with Gasteiger partial charge in [0.2, 0.25) is 0 Å². The maximum atomic E-state index is 5.65. The van der Waals surface area contributed by atoms with E-state index < -0.39 is 0 Å². The molecule has 2 nitrogen and oxygen atoms in total. The molecule has 0 atom stereocenters. The molecule has 0 amide bonds. The summed E-state index contributed by atoms with van der Waals surface area (Å²) in [7, 11) is 0. The minimum Gasteiger partial charge on any atom is -0.377 e. The predicted octanol–water partition coefficient (Wildman–Crippen LogP) is 3.62. The maximum absolute atomic E-state index is 5.65. The summed E-state index contributed by atoms with van der Waals surface area (Å²) in [6, 6.07) is 14.5. The van der Waals surface area contributed by atoms with Crippen LogP contribution in [0, 0.1) is 0 Å². The Morgan fingerprint density at radius 1 is 0.833 bits per heavy atom. The number of hydrogen-bond acceptors (Lipinski definition) is 2. The van der Waals surface area contributed by atoms with Crippen molar-refractivity contribution < 1.29 is 4.74 Å². The van der Waals surface area contributed by atoms with Gasteiger partial charge in [0.1, 0.15) is 0 Å². The van der Waals surface area contributed by atoms with E-state index in [4.69, 9.17) is 4.74 Å². The Balaban J connectivity index is 1.54. The summed E-state index contributed by atoms with van der Waals surface area (Å²) in [6.45, 7) is 1.55. The Morgan fingerprint density at radius 2 is 1.61 bits per heavy atom. The van der Waals surface area contributed by atoms with Crippen molar-refractivity contribution >= 4 is 0 Å². The van der Waals surface area contributed by atoms with Gasteiger partial charge in [-0.25, -0.2) is 0 Å². The van der Waals surface area contributed by atoms with E-state index in [9.17, 15) is 0 Å². The average Bonchev–Trinajstić information content (AvgIpc) is 2.45. The monoisotopic (exact) mass is 241 g/mol. The van der Waals surface area contributed by atoms with Crippen LogP contribution in [-0.2, 0) is 17.8 Å². The number of nitrogens with zero attached hydrogens (tertiary/aromatic N) is 1. The van der Waals surface area contributed by atoms with Gasteiger partial charge in [0.05, 0.1) is 6.61 Å². The van der Waals surface area contributed by atoms with Crippen LogP contribution in [0.1, 0.15) is 24.0 Å². The second kappa shape index (κ2) is 7.62. The van der Waals surface area contributed by atoms with E-state index in [1.54, 1.807) is 0 Å². The Labute approximate surface area is 109 Å². The lowest BCUT2D eigenvalue weighted by molar-refractivity contribution is 0.117. The van der Waals surface area contributed by atoms with E-state index in [-0.39, 0.29) is 0 Å². The Bertz CT molecular complexity index is 384. The summed E-state index contributed by atoms with van der Waals surface area (Å²) in [5, 5.41) is 0. The van der Waals surface area contributed by atoms with Crippen LogP contribution in [0.5, 0.6) is 0 Å². The standard InChI is InChI=1S/C16H19NO/c1-2-7-16(8-3-1)14-18-13-5-4-6-15-9-11-17-12-10-15/h1-3,7-12H,4-6,13-14H2. The molecule has 1 aromatic heterocycles. The molecule has 18 heavy (non-hydrogen) atoms. The molecule has 0 radical (unpaired) electrons. The molecule has 0 spiro atoms. The summed E-state index contributed by atoms with van der Waals surface area (Å²) in [5.41, 5.74) is 2.60. The molecule has 1 aromatic carbocycles. The number of aryl methyl sites for hydroxylation is 1. The number of ether oxygens (including phenoxy) is 1. The van der Waals surface area contributed by atoms with Gasteiger partial charge in [-0.1, -0.05) is 30.3 Å². The molecule has 0 unspecified atom stereocenters. The molecule has 0 aliphatic rings. The van der Waals surface area contributed by atoms with Gasteiger partial charge in [-0.3, -0.25) is 4.98 Å². The maximum Gasteiger partial charge on any atom is 0.0716 e. The molecule has 2 aromatic rings. The number of hydrogen-bond donors (Lipinski definition) is 0. The van der Waals surface area contributed by atoms with Gasteiger partial charge in [0, 0.05) is 19.0 Å². The SMILES string of the molecule is c1ccc(COCCCCc2ccncc2)cc1. The van der Waals surface area contributed by atoms with Crippen LogP contribution in [0.2, 0.25) is 0 Å². The van der Waals surface area contributed by atoms with Crippen molar-refractivity contribution in [3.05, 3.63) is 66.0 Å². The number of benzene rings is 1. The number of unbranched alkanes of at least 4 members (excludes halogenated alkanes) is 1. The van der Waals surface area contributed by atoms with Crippen LogP contribution in [0.15, 0.2) is 54.9 Å². The highest BCUT2D eigenvalue weighted by atomic mass is 16.5. The third kappa shape index (κ3) is 4.68. The topological polar surface area (TPSA) is 22.1 Å². The zero-order valence-electron chi connectivity index (χ0n) is 10.6. The van der Waals surface area contributed by atoms with Crippen molar-refractivity contribution in [2.75, 3.05) is 6.61 Å². The Kier molecular flexibility index (Phi) is 5.41. The molecule has 0 saturated carbocycles. The predicted molar refractivity (Wildman–Crippen MR) is 73.3 cm³/mol. The minimum atomic E-state index is 0.718. The van der Waals surface area contributed by atoms with Gasteiger partial charge in [-0.05, 0) is 42.5 Å². The lowest BCUT2D eigenvalue weighted by Crippen LogP contribution is -1.96. The van der Waals surface area contributed by atoms with Crippen molar-refractivity contribution in [3.63, 3.8) is 0 Å². The fourth-order valence-electron chi connectivity index (χ4n) is 1.85. The largest absolute Gasteiger partial charge is 0.377 e. The summed E-state index contributed by atoms with van der Waals surface area (Å²) in [6.07, 6.45) is 7.08. The zero-order valence-corrected chi connectivity index (χ0v) is 10.6. The number of pyridine rings is 1. The fraction of sp³-hybridized carbons (Fsp3) is 0.312. The van der Waals surface area contributed by atoms with Crippen molar-refractivity contribution in [1.82, 2.24) is 4.98 Å². The van der Waals surface area contributed by atoms with Gasteiger partial charge >= 0.3 is 0 Å². The van der Waals surface area contributed by atoms with Gasteiger partial charge < -0.3 is 4.74 Å². The van der Waals surface area contributed by atoms with Crippen LogP contribution >= 0.6 is 0 Å². The van der Waals surface area contributed by atoms with Crippen molar-refractivity contribution in [1.29, 1.82) is 0 Å². The van der Waals surface area contributed by atoms with Crippen LogP contribution in [0.4, 0.5) is 0 Å². The van der Waals surface area contributed by atoms with Gasteiger partial charge in [0.15, 0.2) is 0 Å². The van der Waals surface area contributed by atoms with Crippen molar-refractivity contribution in [2.45, 2.75) is 25.9 Å². The minimum absolute atomic E-state index is 0.718. The summed E-state index contributed by atoms with van der Waals surface area (Å²) in [4.78, 5) is 4.01. The molecular formula is C16H19NO. The van der Waals surface area contributed by atoms with Crippen LogP contribution < -0.4 is 0 Å². The second-order valence-electron chi connectivity index (χ2n) is 4.35. The van der Waals surface area contributed by atoms with Gasteiger partial charge in [0.25, 0.3) is 0 Å². The van der Waals surface area contributed by atoms with E-state index in [0.29, 0.717) is 0 Å². The molecular weight excluding hydrogens is 222 g/mol. The van der Waals surface area contributed by atoms with E-state index in [1.165, 1.54) is 17.5 Å². The smallest absolute Gasteiger partial charge is 0.0716 e. The second-order valence-corrected chi connectivity index (χ2v) is 4.35. The lowest BCUT2D eigenvalue weighted by Gasteiger charge is -2.04. The first-order chi connectivity index (χ1) is 8.95. The van der Waals surface area contributed by atoms with Crippen molar-refractivity contribution in [2.24, 2.45) is 0 Å². The normalized spacial score (nSPS) is 10.4. The van der Waals surface area contributed by atoms with E-state index in [0.717, 1.165) is 26.1 Å². The molecule has 0 bridgehead atoms. The van der Waals surface area contributed by atoms with E-state index >= 15 is 0 Å². The molecule has 0 N–H and O–H groups in total. The van der Waals surface area contributed by atoms with Gasteiger partial charge in [-0.2, -0.15) is 0 Å². The van der Waals surface area contributed by atoms with Crippen molar-refractivity contribution in [3.8, 4) is 0 Å². The first kappa shape index (κ1) is 12.8. The molecule has 0 fully saturated rings. The van der Waals surface area contributed by atoms with Crippen LogP contribution in [0.3, 0.4) is 0 Å². The summed E-state index contributed by atoms with van der Waals surface area (Å²) >= 11 is 0. The third-order valence-corrected chi connectivity index (χ3v) is 2.87. The highest BCUT2D eigenvalue weighted by Gasteiger charge is 1.94. The van der Waals surface area contributed by atoms with E-state index in [2.05, 4.69) is 29.2 Å². The summed E-state index contributed by atoms with van der Waals surface area (Å²) in [5.74, 6) is 0. The van der Waals surface area contributed by atoms with Gasteiger partial charge in [-0.15, -0.1) is 0 Å². The van der Waals surface area contributed by atoms with E-state index in [1.807, 2.05) is 30.6 Å². The average molecular weight is 241 g/mol. The molecule has 2 rings (SSSR count). The quantitative estimate of drug-likeness (QED) is 0.691. The molecule has 0 saturated heterocycles. The molecule has 1 heterocycles. The molecule has 0 aliphatic carbocycles. The fourth-order valence-corrected chi connectivity index (χ4v) is 1.85. The zero-order chi connectivity index (χ0) is 12.5. The number of rotatable bonds is 7. The lowest BCUT2D eigenvalue weighted by atomic mass is 10.1. The Hall–Kier alpha value is -1.67. The third-order valence-electron chi connectivity index (χ3n) is 2.87. The molecule has 0 aliphatic heterocycles. The first-order valence-electron chi connectivity index (χ1n) is 6.46. The first-order valence-corrected chi connectivity index (χ1v) is 6.46. The van der Waals surface area contributed by atoms with Crippen LogP contribution in [0.25, 0.3) is 0 Å². The highest BCUT2D eigenvalue weighted by Crippen LogP contribution is 2.05. The molecule has 2 heteroatoms.